The van der Waals surface area contributed by atoms with Crippen LogP contribution in [0.1, 0.15) is 22.9 Å². The van der Waals surface area contributed by atoms with Crippen LogP contribution >= 0.6 is 0 Å². The number of carbonyl (C=O) groups excluding carboxylic acids is 2. The fourth-order valence-electron chi connectivity index (χ4n) is 2.58. The van der Waals surface area contributed by atoms with Crippen molar-refractivity contribution in [1.82, 2.24) is 10.5 Å². The van der Waals surface area contributed by atoms with Crippen molar-refractivity contribution >= 4 is 11.9 Å². The minimum atomic E-state index is -0.674. The van der Waals surface area contributed by atoms with Crippen molar-refractivity contribution < 1.29 is 23.6 Å². The van der Waals surface area contributed by atoms with Gasteiger partial charge in [0, 0.05) is 6.07 Å². The summed E-state index contributed by atoms with van der Waals surface area (Å²) in [6.45, 7) is 0.939. The molecule has 0 saturated heterocycles. The van der Waals surface area contributed by atoms with Gasteiger partial charge in [-0.25, -0.2) is 4.79 Å². The minimum absolute atomic E-state index is 0.187. The molecule has 1 N–H and O–H groups in total. The second-order valence-corrected chi connectivity index (χ2v) is 6.05. The summed E-state index contributed by atoms with van der Waals surface area (Å²) >= 11 is 0. The first-order chi connectivity index (χ1) is 13.6. The predicted octanol–water partition coefficient (Wildman–Crippen LogP) is 2.81. The molecule has 1 amide bonds. The number of carbonyl (C=O) groups is 2. The second-order valence-electron chi connectivity index (χ2n) is 6.05. The lowest BCUT2D eigenvalue weighted by Gasteiger charge is -2.19. The normalized spacial score (nSPS) is 10.5. The van der Waals surface area contributed by atoms with E-state index in [1.807, 2.05) is 60.7 Å². The summed E-state index contributed by atoms with van der Waals surface area (Å²) in [5.41, 5.74) is 1.86. The van der Waals surface area contributed by atoms with Gasteiger partial charge in [-0.1, -0.05) is 60.7 Å². The molecule has 7 heteroatoms. The third-order valence-corrected chi connectivity index (χ3v) is 3.88. The summed E-state index contributed by atoms with van der Waals surface area (Å²) in [5.74, 6) is -0.335. The highest BCUT2D eigenvalue weighted by atomic mass is 16.6. The molecule has 0 bridgehead atoms. The second kappa shape index (κ2) is 9.36. The summed E-state index contributed by atoms with van der Waals surface area (Å²) < 4.78 is 14.9. The Bertz CT molecular complexity index is 869. The highest BCUT2D eigenvalue weighted by molar-refractivity contribution is 5.81. The van der Waals surface area contributed by atoms with Crippen LogP contribution in [0.15, 0.2) is 71.3 Å². The van der Waals surface area contributed by atoms with Gasteiger partial charge in [-0.3, -0.25) is 4.79 Å². The lowest BCUT2D eigenvalue weighted by atomic mass is 9.99. The number of ether oxygens (including phenoxy) is 2. The molecule has 3 rings (SSSR count). The molecule has 3 aromatic rings. The van der Waals surface area contributed by atoms with Crippen LogP contribution in [0.4, 0.5) is 0 Å². The van der Waals surface area contributed by atoms with E-state index in [9.17, 15) is 9.59 Å². The molecule has 1 heterocycles. The van der Waals surface area contributed by atoms with Crippen molar-refractivity contribution in [2.75, 3.05) is 13.2 Å². The van der Waals surface area contributed by atoms with Crippen molar-refractivity contribution in [3.8, 4) is 5.88 Å². The molecule has 1 aromatic heterocycles. The Morgan fingerprint density at radius 2 is 1.61 bits per heavy atom. The first-order valence-electron chi connectivity index (χ1n) is 8.73. The minimum Gasteiger partial charge on any atom is -0.463 e. The van der Waals surface area contributed by atoms with E-state index in [1.54, 1.807) is 13.0 Å². The molecule has 0 aliphatic rings. The maximum absolute atomic E-state index is 12.3. The number of esters is 1. The van der Waals surface area contributed by atoms with Crippen LogP contribution in [0, 0.1) is 6.92 Å². The number of rotatable bonds is 8. The maximum atomic E-state index is 12.3. The van der Waals surface area contributed by atoms with Gasteiger partial charge in [0.15, 0.2) is 13.2 Å². The lowest BCUT2D eigenvalue weighted by Crippen LogP contribution is -2.33. The van der Waals surface area contributed by atoms with Gasteiger partial charge in [-0.05, 0) is 23.2 Å². The zero-order valence-electron chi connectivity index (χ0n) is 15.3. The average molecular weight is 380 g/mol. The molecule has 0 saturated carbocycles. The van der Waals surface area contributed by atoms with Crippen LogP contribution in [-0.2, 0) is 14.3 Å². The highest BCUT2D eigenvalue weighted by Gasteiger charge is 2.18. The predicted molar refractivity (Wildman–Crippen MR) is 101 cm³/mol. The molecule has 0 aliphatic heterocycles. The molecule has 28 heavy (non-hydrogen) atoms. The van der Waals surface area contributed by atoms with Gasteiger partial charge < -0.3 is 19.3 Å². The van der Waals surface area contributed by atoms with Crippen molar-refractivity contribution in [1.29, 1.82) is 0 Å². The molecule has 144 valence electrons. The summed E-state index contributed by atoms with van der Waals surface area (Å²) in [6.07, 6.45) is 0. The van der Waals surface area contributed by atoms with E-state index in [1.165, 1.54) is 0 Å². The molecule has 0 spiro atoms. The Morgan fingerprint density at radius 3 is 2.14 bits per heavy atom. The monoisotopic (exact) mass is 380 g/mol. The Labute approximate surface area is 162 Å². The van der Waals surface area contributed by atoms with Crippen molar-refractivity contribution in [3.05, 3.63) is 83.6 Å². The van der Waals surface area contributed by atoms with Crippen LogP contribution in [0.25, 0.3) is 0 Å². The molecule has 0 unspecified atom stereocenters. The van der Waals surface area contributed by atoms with Crippen molar-refractivity contribution in [2.45, 2.75) is 13.0 Å². The fraction of sp³-hybridized carbons (Fsp3) is 0.190. The van der Waals surface area contributed by atoms with Gasteiger partial charge in [0.25, 0.3) is 11.8 Å². The van der Waals surface area contributed by atoms with Crippen LogP contribution in [-0.4, -0.2) is 30.2 Å². The molecular formula is C21H20N2O5. The SMILES string of the molecule is Cc1cc(OCC(=O)OCC(=O)NC(c2ccccc2)c2ccccc2)no1. The third kappa shape index (κ3) is 5.44. The average Bonchev–Trinajstić information content (AvgIpc) is 3.15. The summed E-state index contributed by atoms with van der Waals surface area (Å²) in [4.78, 5) is 24.1. The summed E-state index contributed by atoms with van der Waals surface area (Å²) in [5, 5.41) is 6.50. The van der Waals surface area contributed by atoms with E-state index < -0.39 is 18.5 Å². The molecule has 0 radical (unpaired) electrons. The largest absolute Gasteiger partial charge is 0.463 e. The Balaban J connectivity index is 1.54. The summed E-state index contributed by atoms with van der Waals surface area (Å²) in [7, 11) is 0. The number of hydrogen-bond donors (Lipinski definition) is 1. The van der Waals surface area contributed by atoms with Gasteiger partial charge >= 0.3 is 5.97 Å². The van der Waals surface area contributed by atoms with Crippen LogP contribution in [0.3, 0.4) is 0 Å². The van der Waals surface area contributed by atoms with Crippen molar-refractivity contribution in [3.63, 3.8) is 0 Å². The molecule has 7 nitrogen and oxygen atoms in total. The van der Waals surface area contributed by atoms with Gasteiger partial charge in [-0.15, -0.1) is 0 Å². The molecular weight excluding hydrogens is 360 g/mol. The Morgan fingerprint density at radius 1 is 1.00 bits per heavy atom. The van der Waals surface area contributed by atoms with Crippen LogP contribution in [0.5, 0.6) is 5.88 Å². The number of nitrogens with zero attached hydrogens (tertiary/aromatic N) is 1. The first kappa shape index (κ1) is 19.2. The zero-order valence-corrected chi connectivity index (χ0v) is 15.3. The van der Waals surface area contributed by atoms with E-state index in [2.05, 4.69) is 10.5 Å². The van der Waals surface area contributed by atoms with Crippen molar-refractivity contribution in [2.24, 2.45) is 0 Å². The molecule has 0 aliphatic carbocycles. The van der Waals surface area contributed by atoms with Gasteiger partial charge in [0.05, 0.1) is 6.04 Å². The van der Waals surface area contributed by atoms with Gasteiger partial charge in [0.1, 0.15) is 5.76 Å². The Hall–Kier alpha value is -3.61. The smallest absolute Gasteiger partial charge is 0.344 e. The highest BCUT2D eigenvalue weighted by Crippen LogP contribution is 2.21. The van der Waals surface area contributed by atoms with E-state index in [-0.39, 0.29) is 18.5 Å². The number of nitrogens with one attached hydrogen (secondary N) is 1. The zero-order chi connectivity index (χ0) is 19.8. The molecule has 0 fully saturated rings. The van der Waals surface area contributed by atoms with E-state index in [0.29, 0.717) is 5.76 Å². The van der Waals surface area contributed by atoms with E-state index in [4.69, 9.17) is 14.0 Å². The number of aromatic nitrogens is 1. The summed E-state index contributed by atoms with van der Waals surface area (Å²) in [6, 6.07) is 20.3. The molecule has 2 aromatic carbocycles. The third-order valence-electron chi connectivity index (χ3n) is 3.88. The van der Waals surface area contributed by atoms with Crippen LogP contribution < -0.4 is 10.1 Å². The lowest BCUT2D eigenvalue weighted by molar-refractivity contribution is -0.150. The maximum Gasteiger partial charge on any atom is 0.344 e. The number of hydrogen-bond acceptors (Lipinski definition) is 6. The molecule has 0 atom stereocenters. The first-order valence-corrected chi connectivity index (χ1v) is 8.73. The quantitative estimate of drug-likeness (QED) is 0.605. The number of aryl methyl sites for hydroxylation is 1. The van der Waals surface area contributed by atoms with E-state index in [0.717, 1.165) is 11.1 Å². The van der Waals surface area contributed by atoms with Crippen LogP contribution in [0.2, 0.25) is 0 Å². The fourth-order valence-corrected chi connectivity index (χ4v) is 2.58. The van der Waals surface area contributed by atoms with E-state index >= 15 is 0 Å². The topological polar surface area (TPSA) is 90.7 Å². The number of benzene rings is 2. The van der Waals surface area contributed by atoms with Gasteiger partial charge in [-0.2, -0.15) is 0 Å². The van der Waals surface area contributed by atoms with Gasteiger partial charge in [0.2, 0.25) is 0 Å². The Kier molecular flexibility index (Phi) is 6.41. The standard InChI is InChI=1S/C21H20N2O5/c1-15-12-19(23-28-15)26-14-20(25)27-13-18(24)22-21(16-8-4-2-5-9-16)17-10-6-3-7-11-17/h2-12,21H,13-14H2,1H3,(H,22,24). The number of amides is 1.